The summed E-state index contributed by atoms with van der Waals surface area (Å²) in [4.78, 5) is 18.1. The minimum Gasteiger partial charge on any atom is -0.475 e. The van der Waals surface area contributed by atoms with Crippen LogP contribution in [0, 0.1) is 0 Å². The lowest BCUT2D eigenvalue weighted by molar-refractivity contribution is 0.0655. The van der Waals surface area contributed by atoms with Gasteiger partial charge in [0.25, 0.3) is 5.76 Å². The van der Waals surface area contributed by atoms with Crippen LogP contribution in [0.5, 0.6) is 6.01 Å². The van der Waals surface area contributed by atoms with E-state index in [0.717, 1.165) is 0 Å². The second-order valence-electron chi connectivity index (χ2n) is 2.41. The van der Waals surface area contributed by atoms with Crippen molar-refractivity contribution < 1.29 is 19.2 Å². The quantitative estimate of drug-likeness (QED) is 0.736. The predicted octanol–water partition coefficient (Wildman–Crippen LogP) is 0.325. The van der Waals surface area contributed by atoms with Crippen molar-refractivity contribution in [2.24, 2.45) is 0 Å². The molecule has 72 valence electrons. The standard InChI is InChI=1S/C7H5N3O4/c1-13-7-8-2-3-4(6(11)12)14-10-5(3)9-7/h2H,1H3,(H,11,12). The van der Waals surface area contributed by atoms with Gasteiger partial charge in [0.05, 0.1) is 12.5 Å². The molecule has 0 saturated carbocycles. The Labute approximate surface area is 77.3 Å². The van der Waals surface area contributed by atoms with Gasteiger partial charge in [0.15, 0.2) is 0 Å². The van der Waals surface area contributed by atoms with E-state index in [2.05, 4.69) is 19.6 Å². The van der Waals surface area contributed by atoms with Gasteiger partial charge in [-0.1, -0.05) is 5.16 Å². The maximum absolute atomic E-state index is 10.6. The van der Waals surface area contributed by atoms with Gasteiger partial charge in [0, 0.05) is 6.20 Å². The maximum atomic E-state index is 10.6. The van der Waals surface area contributed by atoms with Gasteiger partial charge in [0.2, 0.25) is 5.65 Å². The number of carboxylic acid groups (broad SMARTS) is 1. The molecule has 0 bridgehead atoms. The lowest BCUT2D eigenvalue weighted by Gasteiger charge is -1.93. The molecule has 2 aromatic heterocycles. The number of ether oxygens (including phenoxy) is 1. The van der Waals surface area contributed by atoms with E-state index in [1.807, 2.05) is 0 Å². The smallest absolute Gasteiger partial charge is 0.375 e. The molecule has 7 nitrogen and oxygen atoms in total. The van der Waals surface area contributed by atoms with Crippen molar-refractivity contribution in [2.75, 3.05) is 7.11 Å². The SMILES string of the molecule is COc1ncc2c(C(=O)O)onc2n1. The highest BCUT2D eigenvalue weighted by Gasteiger charge is 2.17. The molecule has 0 aliphatic rings. The summed E-state index contributed by atoms with van der Waals surface area (Å²) in [6.45, 7) is 0. The zero-order valence-corrected chi connectivity index (χ0v) is 7.09. The second-order valence-corrected chi connectivity index (χ2v) is 2.41. The van der Waals surface area contributed by atoms with Crippen molar-refractivity contribution in [3.8, 4) is 6.01 Å². The van der Waals surface area contributed by atoms with Crippen molar-refractivity contribution in [1.29, 1.82) is 0 Å². The molecular weight excluding hydrogens is 190 g/mol. The third kappa shape index (κ3) is 1.15. The van der Waals surface area contributed by atoms with Crippen LogP contribution in [-0.4, -0.2) is 33.3 Å². The van der Waals surface area contributed by atoms with Gasteiger partial charge >= 0.3 is 12.0 Å². The van der Waals surface area contributed by atoms with Crippen molar-refractivity contribution in [1.82, 2.24) is 15.1 Å². The topological polar surface area (TPSA) is 98.3 Å². The van der Waals surface area contributed by atoms with Crippen LogP contribution in [0.3, 0.4) is 0 Å². The monoisotopic (exact) mass is 195 g/mol. The highest BCUT2D eigenvalue weighted by atomic mass is 16.5. The molecule has 0 atom stereocenters. The Hall–Kier alpha value is -2.18. The fourth-order valence-corrected chi connectivity index (χ4v) is 0.978. The number of aromatic carboxylic acids is 1. The number of methoxy groups -OCH3 is 1. The van der Waals surface area contributed by atoms with Crippen molar-refractivity contribution in [3.05, 3.63) is 12.0 Å². The molecule has 0 aliphatic heterocycles. The van der Waals surface area contributed by atoms with Crippen LogP contribution in [-0.2, 0) is 0 Å². The lowest BCUT2D eigenvalue weighted by atomic mass is 10.3. The molecule has 2 aromatic rings. The Morgan fingerprint density at radius 3 is 3.07 bits per heavy atom. The first-order valence-electron chi connectivity index (χ1n) is 3.62. The Morgan fingerprint density at radius 2 is 2.43 bits per heavy atom. The molecule has 14 heavy (non-hydrogen) atoms. The maximum Gasteiger partial charge on any atom is 0.375 e. The zero-order valence-electron chi connectivity index (χ0n) is 7.09. The summed E-state index contributed by atoms with van der Waals surface area (Å²) in [5.74, 6) is -1.48. The van der Waals surface area contributed by atoms with E-state index >= 15 is 0 Å². The second kappa shape index (κ2) is 2.95. The van der Waals surface area contributed by atoms with Crippen LogP contribution < -0.4 is 4.74 Å². The molecule has 0 spiro atoms. The van der Waals surface area contributed by atoms with E-state index in [1.54, 1.807) is 0 Å². The largest absolute Gasteiger partial charge is 0.475 e. The molecule has 0 unspecified atom stereocenters. The van der Waals surface area contributed by atoms with Crippen LogP contribution in [0.4, 0.5) is 0 Å². The van der Waals surface area contributed by atoms with E-state index in [1.165, 1.54) is 13.3 Å². The summed E-state index contributed by atoms with van der Waals surface area (Å²) in [5, 5.41) is 12.4. The van der Waals surface area contributed by atoms with Gasteiger partial charge in [-0.2, -0.15) is 4.98 Å². The van der Waals surface area contributed by atoms with Crippen LogP contribution in [0.2, 0.25) is 0 Å². The highest BCUT2D eigenvalue weighted by molar-refractivity contribution is 5.98. The van der Waals surface area contributed by atoms with Crippen molar-refractivity contribution in [3.63, 3.8) is 0 Å². The minimum atomic E-state index is -1.21. The molecule has 2 rings (SSSR count). The number of rotatable bonds is 2. The van der Waals surface area contributed by atoms with Gasteiger partial charge in [-0.3, -0.25) is 0 Å². The Morgan fingerprint density at radius 1 is 1.64 bits per heavy atom. The van der Waals surface area contributed by atoms with E-state index < -0.39 is 5.97 Å². The molecule has 2 heterocycles. The summed E-state index contributed by atoms with van der Waals surface area (Å²) >= 11 is 0. The number of hydrogen-bond acceptors (Lipinski definition) is 6. The molecule has 0 radical (unpaired) electrons. The van der Waals surface area contributed by atoms with E-state index in [4.69, 9.17) is 9.84 Å². The van der Waals surface area contributed by atoms with Gasteiger partial charge in [-0.25, -0.2) is 9.78 Å². The molecule has 0 aliphatic carbocycles. The summed E-state index contributed by atoms with van der Waals surface area (Å²) in [5.41, 5.74) is 0.161. The van der Waals surface area contributed by atoms with Crippen LogP contribution in [0.25, 0.3) is 11.0 Å². The summed E-state index contributed by atoms with van der Waals surface area (Å²) < 4.78 is 9.31. The number of fused-ring (bicyclic) bond motifs is 1. The van der Waals surface area contributed by atoms with E-state index in [0.29, 0.717) is 0 Å². The lowest BCUT2D eigenvalue weighted by Crippen LogP contribution is -1.95. The fourth-order valence-electron chi connectivity index (χ4n) is 0.978. The summed E-state index contributed by atoms with van der Waals surface area (Å²) in [6, 6.07) is 0.114. The molecule has 0 aromatic carbocycles. The normalized spacial score (nSPS) is 10.4. The van der Waals surface area contributed by atoms with Gasteiger partial charge < -0.3 is 14.4 Å². The summed E-state index contributed by atoms with van der Waals surface area (Å²) in [6.07, 6.45) is 1.29. The molecular formula is C7H5N3O4. The Kier molecular flexibility index (Phi) is 1.77. The Bertz CT molecular complexity index is 493. The van der Waals surface area contributed by atoms with Gasteiger partial charge in [-0.05, 0) is 0 Å². The fraction of sp³-hybridized carbons (Fsp3) is 0.143. The number of nitrogens with zero attached hydrogens (tertiary/aromatic N) is 3. The number of aromatic nitrogens is 3. The van der Waals surface area contributed by atoms with Gasteiger partial charge in [-0.15, -0.1) is 0 Å². The molecule has 0 fully saturated rings. The number of carboxylic acids is 1. The Balaban J connectivity index is 2.65. The van der Waals surface area contributed by atoms with Crippen molar-refractivity contribution in [2.45, 2.75) is 0 Å². The number of carbonyl (C=O) groups is 1. The summed E-state index contributed by atoms with van der Waals surface area (Å²) in [7, 11) is 1.40. The molecule has 7 heteroatoms. The predicted molar refractivity (Wildman–Crippen MR) is 43.1 cm³/mol. The highest BCUT2D eigenvalue weighted by Crippen LogP contribution is 2.16. The van der Waals surface area contributed by atoms with E-state index in [9.17, 15) is 4.79 Å². The third-order valence-corrected chi connectivity index (χ3v) is 1.59. The van der Waals surface area contributed by atoms with Crippen LogP contribution >= 0.6 is 0 Å². The average Bonchev–Trinajstić information content (AvgIpc) is 2.59. The van der Waals surface area contributed by atoms with E-state index in [-0.39, 0.29) is 22.8 Å². The first-order chi connectivity index (χ1) is 6.72. The van der Waals surface area contributed by atoms with Gasteiger partial charge in [0.1, 0.15) is 0 Å². The van der Waals surface area contributed by atoms with Crippen LogP contribution in [0.15, 0.2) is 10.7 Å². The third-order valence-electron chi connectivity index (χ3n) is 1.59. The average molecular weight is 195 g/mol. The first kappa shape index (κ1) is 8.42. The molecule has 0 amide bonds. The first-order valence-corrected chi connectivity index (χ1v) is 3.62. The van der Waals surface area contributed by atoms with Crippen LogP contribution in [0.1, 0.15) is 10.6 Å². The molecule has 0 saturated heterocycles. The zero-order chi connectivity index (χ0) is 10.1. The number of hydrogen-bond donors (Lipinski definition) is 1. The molecule has 1 N–H and O–H groups in total. The minimum absolute atomic E-state index is 0.114. The van der Waals surface area contributed by atoms with Crippen molar-refractivity contribution >= 4 is 17.0 Å².